The zero-order valence-electron chi connectivity index (χ0n) is 16.7. The van der Waals surface area contributed by atoms with Gasteiger partial charge in [-0.05, 0) is 44.1 Å². The molecule has 2 spiro atoms. The molecule has 12 heteroatoms. The fourth-order valence-corrected chi connectivity index (χ4v) is 5.76. The fourth-order valence-electron chi connectivity index (χ4n) is 5.76. The van der Waals surface area contributed by atoms with Gasteiger partial charge in [0.25, 0.3) is 0 Å². The van der Waals surface area contributed by atoms with Gasteiger partial charge in [-0.3, -0.25) is 35.2 Å². The van der Waals surface area contributed by atoms with Gasteiger partial charge in [0.2, 0.25) is 6.04 Å². The third-order valence-corrected chi connectivity index (χ3v) is 7.81. The van der Waals surface area contributed by atoms with Crippen LogP contribution in [0.5, 0.6) is 0 Å². The van der Waals surface area contributed by atoms with Gasteiger partial charge in [0.05, 0.1) is 5.23 Å². The summed E-state index contributed by atoms with van der Waals surface area (Å²) in [6.45, 7) is 0. The van der Waals surface area contributed by atoms with Crippen LogP contribution in [-0.2, 0) is 15.3 Å². The van der Waals surface area contributed by atoms with E-state index in [2.05, 4.69) is 0 Å². The minimum absolute atomic E-state index is 0.187. The Labute approximate surface area is 176 Å². The Bertz CT molecular complexity index is 939. The van der Waals surface area contributed by atoms with Crippen LogP contribution in [0.4, 0.5) is 0 Å². The van der Waals surface area contributed by atoms with E-state index in [0.717, 1.165) is 19.3 Å². The highest BCUT2D eigenvalue weighted by molar-refractivity contribution is 5.26. The topological polar surface area (TPSA) is 151 Å². The molecule has 0 radical (unpaired) electrons. The lowest BCUT2D eigenvalue weighted by atomic mass is 9.64. The van der Waals surface area contributed by atoms with Crippen molar-refractivity contribution in [2.24, 2.45) is 5.41 Å². The second-order valence-electron chi connectivity index (χ2n) is 9.13. The molecule has 4 aliphatic rings. The smallest absolute Gasteiger partial charge is 0.264 e. The summed E-state index contributed by atoms with van der Waals surface area (Å²) in [5, 5.41) is 36.5. The summed E-state index contributed by atoms with van der Waals surface area (Å²) in [5.41, 5.74) is -2.52. The largest absolute Gasteiger partial charge is 0.569 e. The Balaban J connectivity index is 1.60. The van der Waals surface area contributed by atoms with E-state index in [4.69, 9.17) is 9.68 Å². The van der Waals surface area contributed by atoms with Gasteiger partial charge in [0.1, 0.15) is 21.9 Å². The van der Waals surface area contributed by atoms with Gasteiger partial charge < -0.3 is 0 Å². The van der Waals surface area contributed by atoms with E-state index in [1.165, 1.54) is 0 Å². The average molecular weight is 434 g/mol. The van der Waals surface area contributed by atoms with Crippen LogP contribution < -0.4 is 0 Å². The van der Waals surface area contributed by atoms with Crippen molar-refractivity contribution in [3.8, 4) is 0 Å². The monoisotopic (exact) mass is 434 g/mol. The van der Waals surface area contributed by atoms with Crippen LogP contribution in [0.2, 0.25) is 0 Å². The Hall–Kier alpha value is -2.70. The molecular formula is C19H22N4O8. The predicted octanol–water partition coefficient (Wildman–Crippen LogP) is 2.80. The molecule has 12 nitrogen and oxygen atoms in total. The number of nitrogens with zero attached hydrogens (tertiary/aromatic N) is 4. The molecule has 1 aliphatic heterocycles. The molecule has 1 heterocycles. The molecule has 0 aromatic heterocycles. The van der Waals surface area contributed by atoms with Crippen LogP contribution in [0.25, 0.3) is 0 Å². The third-order valence-electron chi connectivity index (χ3n) is 7.81. The zero-order chi connectivity index (χ0) is 22.1. The highest BCUT2D eigenvalue weighted by Crippen LogP contribution is 2.72. The van der Waals surface area contributed by atoms with Gasteiger partial charge >= 0.3 is 5.79 Å². The molecule has 0 amide bonds. The lowest BCUT2D eigenvalue weighted by Crippen LogP contribution is -2.59. The minimum Gasteiger partial charge on any atom is -0.264 e. The average Bonchev–Trinajstić information content (AvgIpc) is 3.34. The quantitative estimate of drug-likeness (QED) is 0.374. The van der Waals surface area contributed by atoms with Gasteiger partial charge in [0, 0.05) is 16.8 Å². The maximum atomic E-state index is 12.1. The summed E-state index contributed by atoms with van der Waals surface area (Å²) in [7, 11) is 0. The highest BCUT2D eigenvalue weighted by atomic mass is 17.0. The summed E-state index contributed by atoms with van der Waals surface area (Å²) in [6, 6.07) is 7.16. The number of rotatable bonds is 6. The lowest BCUT2D eigenvalue weighted by Gasteiger charge is -2.45. The van der Waals surface area contributed by atoms with Crippen molar-refractivity contribution in [2.75, 3.05) is 0 Å². The molecule has 1 aromatic carbocycles. The summed E-state index contributed by atoms with van der Waals surface area (Å²) >= 11 is 0. The molecule has 0 bridgehead atoms. The van der Waals surface area contributed by atoms with E-state index in [9.17, 15) is 30.3 Å². The normalized spacial score (nSPS) is 35.2. The Morgan fingerprint density at radius 2 is 1.61 bits per heavy atom. The Kier molecular flexibility index (Phi) is 4.18. The van der Waals surface area contributed by atoms with E-state index >= 15 is 0 Å². The number of nitro groups is 3. The minimum atomic E-state index is -2.86. The van der Waals surface area contributed by atoms with Crippen molar-refractivity contribution in [1.29, 1.82) is 0 Å². The molecule has 4 fully saturated rings. The van der Waals surface area contributed by atoms with E-state index in [1.54, 1.807) is 30.3 Å². The summed E-state index contributed by atoms with van der Waals surface area (Å²) < 4.78 is 0. The van der Waals surface area contributed by atoms with Crippen LogP contribution in [0, 0.1) is 35.8 Å². The van der Waals surface area contributed by atoms with Gasteiger partial charge in [-0.2, -0.15) is 0 Å². The van der Waals surface area contributed by atoms with Gasteiger partial charge in [0.15, 0.2) is 5.60 Å². The second-order valence-corrected chi connectivity index (χ2v) is 9.13. The first kappa shape index (κ1) is 20.2. The molecule has 3 aliphatic carbocycles. The first-order chi connectivity index (χ1) is 14.7. The fraction of sp³-hybridized carbons (Fsp3) is 0.684. The summed E-state index contributed by atoms with van der Waals surface area (Å²) in [5.74, 6) is -2.86. The van der Waals surface area contributed by atoms with Crippen LogP contribution in [0.1, 0.15) is 56.9 Å². The number of fused-ring (bicyclic) bond motifs is 1. The number of benzene rings is 1. The third kappa shape index (κ3) is 2.52. The number of hydrogen-bond acceptors (Lipinski definition) is 9. The van der Waals surface area contributed by atoms with Crippen molar-refractivity contribution in [3.05, 3.63) is 66.2 Å². The molecular weight excluding hydrogens is 412 g/mol. The Morgan fingerprint density at radius 3 is 2.13 bits per heavy atom. The van der Waals surface area contributed by atoms with Crippen molar-refractivity contribution >= 4 is 0 Å². The highest BCUT2D eigenvalue weighted by Gasteiger charge is 2.84. The molecule has 1 saturated heterocycles. The number of hydrogen-bond donors (Lipinski definition) is 0. The van der Waals surface area contributed by atoms with E-state index in [0.29, 0.717) is 23.6 Å². The molecule has 166 valence electrons. The van der Waals surface area contributed by atoms with E-state index in [1.807, 2.05) is 0 Å². The predicted molar refractivity (Wildman–Crippen MR) is 102 cm³/mol. The number of hydroxylamine groups is 2. The molecule has 1 aromatic rings. The SMILES string of the molecule is O=[N+]([O-])C1CCCC1(ON1OC2(CCC23CC3)CC1([N+](=O)[O-])[N+](=O)[O-])c1ccccc1. The van der Waals surface area contributed by atoms with Crippen molar-refractivity contribution < 1.29 is 24.4 Å². The standard InChI is InChI=1S/C19H22N4O8/c24-20(25)15-7-4-8-18(15,14-5-2-1-3-6-14)31-23-19(21(26)27,22(28)29)13-17(30-23)12-11-16(17)9-10-16/h1-3,5-6,15H,4,7-13H2. The maximum Gasteiger partial charge on any atom is 0.569 e. The van der Waals surface area contributed by atoms with Crippen LogP contribution >= 0.6 is 0 Å². The summed E-state index contributed by atoms with van der Waals surface area (Å²) in [6.07, 6.45) is 3.17. The van der Waals surface area contributed by atoms with Crippen LogP contribution in [-0.4, -0.2) is 37.4 Å². The van der Waals surface area contributed by atoms with Gasteiger partial charge in [-0.25, -0.2) is 4.84 Å². The molecule has 0 N–H and O–H groups in total. The van der Waals surface area contributed by atoms with E-state index < -0.39 is 44.2 Å². The van der Waals surface area contributed by atoms with Gasteiger partial charge in [-0.15, -0.1) is 0 Å². The van der Waals surface area contributed by atoms with Crippen LogP contribution in [0.3, 0.4) is 0 Å². The first-order valence-corrected chi connectivity index (χ1v) is 10.4. The lowest BCUT2D eigenvalue weighted by molar-refractivity contribution is -0.854. The summed E-state index contributed by atoms with van der Waals surface area (Å²) in [4.78, 5) is 45.6. The van der Waals surface area contributed by atoms with E-state index in [-0.39, 0.29) is 18.3 Å². The second kappa shape index (κ2) is 6.40. The van der Waals surface area contributed by atoms with Crippen molar-refractivity contribution in [3.63, 3.8) is 0 Å². The van der Waals surface area contributed by atoms with Crippen LogP contribution in [0.15, 0.2) is 30.3 Å². The van der Waals surface area contributed by atoms with Crippen molar-refractivity contribution in [2.45, 2.75) is 74.4 Å². The zero-order valence-corrected chi connectivity index (χ0v) is 16.7. The van der Waals surface area contributed by atoms with Gasteiger partial charge in [-0.1, -0.05) is 30.3 Å². The molecule has 3 atom stereocenters. The molecule has 3 unspecified atom stereocenters. The molecule has 5 rings (SSSR count). The molecule has 3 saturated carbocycles. The Morgan fingerprint density at radius 1 is 0.968 bits per heavy atom. The molecule has 31 heavy (non-hydrogen) atoms. The van der Waals surface area contributed by atoms with Crippen molar-refractivity contribution in [1.82, 2.24) is 5.23 Å². The first-order valence-electron chi connectivity index (χ1n) is 10.4. The maximum absolute atomic E-state index is 12.1.